The summed E-state index contributed by atoms with van der Waals surface area (Å²) >= 11 is 0. The van der Waals surface area contributed by atoms with Gasteiger partial charge in [-0.05, 0) is 6.42 Å². The summed E-state index contributed by atoms with van der Waals surface area (Å²) in [6.07, 6.45) is 0.0370. The lowest BCUT2D eigenvalue weighted by atomic mass is 9.75. The normalized spacial score (nSPS) is 15.7. The fourth-order valence-electron chi connectivity index (χ4n) is 2.62. The summed E-state index contributed by atoms with van der Waals surface area (Å²) < 4.78 is 5.80. The molecule has 0 rings (SSSR count). The van der Waals surface area contributed by atoms with E-state index in [1.807, 2.05) is 0 Å². The summed E-state index contributed by atoms with van der Waals surface area (Å²) in [7, 11) is 0. The Labute approximate surface area is 137 Å². The molecule has 0 saturated heterocycles. The fraction of sp³-hybridized carbons (Fsp3) is 1.00. The van der Waals surface area contributed by atoms with E-state index in [0.29, 0.717) is 6.42 Å². The zero-order chi connectivity index (χ0) is 18.0. The van der Waals surface area contributed by atoms with Gasteiger partial charge in [-0.25, -0.2) is 0 Å². The molecule has 0 aliphatic rings. The Morgan fingerprint density at radius 3 is 1.52 bits per heavy atom. The molecule has 8 heteroatoms. The molecular weight excluding hydrogens is 308 g/mol. The number of hydrogen-bond donors (Lipinski definition) is 7. The first-order chi connectivity index (χ1) is 10.9. The van der Waals surface area contributed by atoms with Crippen LogP contribution in [0.4, 0.5) is 0 Å². The van der Waals surface area contributed by atoms with Gasteiger partial charge in [0.1, 0.15) is 11.2 Å². The second-order valence-corrected chi connectivity index (χ2v) is 6.06. The Hall–Kier alpha value is -0.320. The van der Waals surface area contributed by atoms with Gasteiger partial charge in [-0.3, -0.25) is 0 Å². The summed E-state index contributed by atoms with van der Waals surface area (Å²) in [5.74, 6) is 0. The molecule has 0 saturated carbocycles. The van der Waals surface area contributed by atoms with Crippen molar-refractivity contribution in [3.05, 3.63) is 0 Å². The number of ether oxygens (including phenoxy) is 1. The summed E-state index contributed by atoms with van der Waals surface area (Å²) in [5, 5.41) is 67.2. The van der Waals surface area contributed by atoms with E-state index in [1.165, 1.54) is 0 Å². The van der Waals surface area contributed by atoms with Crippen molar-refractivity contribution in [2.75, 3.05) is 46.2 Å². The molecule has 0 amide bonds. The molecule has 1 atom stereocenters. The highest BCUT2D eigenvalue weighted by atomic mass is 16.5. The molecule has 0 heterocycles. The zero-order valence-corrected chi connectivity index (χ0v) is 13.8. The maximum atomic E-state index is 10.7. The lowest BCUT2D eigenvalue weighted by Gasteiger charge is -2.47. The van der Waals surface area contributed by atoms with Gasteiger partial charge in [-0.15, -0.1) is 0 Å². The number of hydrogen-bond acceptors (Lipinski definition) is 8. The van der Waals surface area contributed by atoms with Gasteiger partial charge < -0.3 is 40.5 Å². The first kappa shape index (κ1) is 22.7. The molecule has 0 spiro atoms. The van der Waals surface area contributed by atoms with Crippen LogP contribution in [0.2, 0.25) is 0 Å². The Morgan fingerprint density at radius 2 is 1.22 bits per heavy atom. The zero-order valence-electron chi connectivity index (χ0n) is 13.8. The van der Waals surface area contributed by atoms with Crippen molar-refractivity contribution in [3.63, 3.8) is 0 Å². The highest BCUT2D eigenvalue weighted by Crippen LogP contribution is 2.37. The molecule has 23 heavy (non-hydrogen) atoms. The molecule has 0 aromatic heterocycles. The van der Waals surface area contributed by atoms with E-state index >= 15 is 0 Å². The predicted molar refractivity (Wildman–Crippen MR) is 82.7 cm³/mol. The Morgan fingerprint density at radius 1 is 0.739 bits per heavy atom. The third kappa shape index (κ3) is 5.33. The van der Waals surface area contributed by atoms with Crippen molar-refractivity contribution in [2.24, 2.45) is 5.41 Å². The number of aliphatic hydroxyl groups excluding tert-OH is 6. The highest BCUT2D eigenvalue weighted by molar-refractivity contribution is 5.01. The molecule has 0 fully saturated rings. The molecule has 7 N–H and O–H groups in total. The van der Waals surface area contributed by atoms with E-state index < -0.39 is 29.8 Å². The van der Waals surface area contributed by atoms with Crippen LogP contribution in [-0.2, 0) is 4.74 Å². The largest absolute Gasteiger partial charge is 0.396 e. The first-order valence-electron chi connectivity index (χ1n) is 7.90. The smallest absolute Gasteiger partial charge is 0.119 e. The summed E-state index contributed by atoms with van der Waals surface area (Å²) in [5.41, 5.74) is -4.33. The average molecular weight is 340 g/mol. The second kappa shape index (κ2) is 10.5. The highest BCUT2D eigenvalue weighted by Gasteiger charge is 2.51. The molecule has 1 unspecified atom stereocenters. The minimum atomic E-state index is -1.88. The van der Waals surface area contributed by atoms with Crippen LogP contribution in [0.1, 0.15) is 32.6 Å². The van der Waals surface area contributed by atoms with Crippen LogP contribution >= 0.6 is 0 Å². The maximum absolute atomic E-state index is 10.7. The van der Waals surface area contributed by atoms with E-state index in [-0.39, 0.29) is 52.3 Å². The first-order valence-corrected chi connectivity index (χ1v) is 7.90. The van der Waals surface area contributed by atoms with Gasteiger partial charge in [0.25, 0.3) is 0 Å². The quantitative estimate of drug-likeness (QED) is 0.192. The minimum absolute atomic E-state index is 0.0821. The second-order valence-electron chi connectivity index (χ2n) is 6.06. The minimum Gasteiger partial charge on any atom is -0.396 e. The SMILES string of the molecule is CCC(CO)(CO)COC(CCO)(CCO)C(O)(CO)CCO. The van der Waals surface area contributed by atoms with E-state index in [1.54, 1.807) is 6.92 Å². The Bertz CT molecular complexity index is 294. The van der Waals surface area contributed by atoms with Crippen LogP contribution in [0.3, 0.4) is 0 Å². The van der Waals surface area contributed by atoms with Crippen LogP contribution in [0, 0.1) is 5.41 Å². The van der Waals surface area contributed by atoms with Gasteiger partial charge in [0.05, 0.1) is 26.4 Å². The predicted octanol–water partition coefficient (Wildman–Crippen LogP) is -2.01. The topological polar surface area (TPSA) is 151 Å². The van der Waals surface area contributed by atoms with E-state index in [2.05, 4.69) is 0 Å². The lowest BCUT2D eigenvalue weighted by Crippen LogP contribution is -2.61. The summed E-state index contributed by atoms with van der Waals surface area (Å²) in [4.78, 5) is 0. The lowest BCUT2D eigenvalue weighted by molar-refractivity contribution is -0.234. The molecular formula is C15H32O8. The molecule has 0 aromatic carbocycles. The van der Waals surface area contributed by atoms with Crippen LogP contribution < -0.4 is 0 Å². The average Bonchev–Trinajstić information content (AvgIpc) is 2.56. The van der Waals surface area contributed by atoms with Crippen LogP contribution in [0.5, 0.6) is 0 Å². The van der Waals surface area contributed by atoms with Crippen molar-refractivity contribution in [1.82, 2.24) is 0 Å². The monoisotopic (exact) mass is 340 g/mol. The Balaban J connectivity index is 5.57. The van der Waals surface area contributed by atoms with Gasteiger partial charge in [0.2, 0.25) is 0 Å². The molecule has 8 nitrogen and oxygen atoms in total. The van der Waals surface area contributed by atoms with Gasteiger partial charge in [-0.1, -0.05) is 6.92 Å². The molecule has 140 valence electrons. The van der Waals surface area contributed by atoms with Crippen LogP contribution in [0.25, 0.3) is 0 Å². The van der Waals surface area contributed by atoms with Gasteiger partial charge in [0.15, 0.2) is 0 Å². The standard InChI is InChI=1S/C15H32O8/c1-2-13(9-19,10-20)12-23-15(4-7-17,5-8-18)14(22,11-21)3-6-16/h16-22H,2-12H2,1H3. The molecule has 0 aromatic rings. The van der Waals surface area contributed by atoms with Crippen molar-refractivity contribution in [2.45, 2.75) is 43.8 Å². The van der Waals surface area contributed by atoms with Gasteiger partial charge >= 0.3 is 0 Å². The molecule has 0 aliphatic heterocycles. The van der Waals surface area contributed by atoms with Crippen LogP contribution in [-0.4, -0.2) is 93.2 Å². The van der Waals surface area contributed by atoms with Crippen molar-refractivity contribution < 1.29 is 40.5 Å². The number of rotatable bonds is 14. The third-order valence-electron chi connectivity index (χ3n) is 4.74. The van der Waals surface area contributed by atoms with E-state index in [4.69, 9.17) is 9.84 Å². The maximum Gasteiger partial charge on any atom is 0.119 e. The summed E-state index contributed by atoms with van der Waals surface area (Å²) in [6, 6.07) is 0. The van der Waals surface area contributed by atoms with Crippen molar-refractivity contribution >= 4 is 0 Å². The number of aliphatic hydroxyl groups is 7. The van der Waals surface area contributed by atoms with E-state index in [0.717, 1.165) is 0 Å². The van der Waals surface area contributed by atoms with Crippen LogP contribution in [0.15, 0.2) is 0 Å². The molecule has 0 aliphatic carbocycles. The van der Waals surface area contributed by atoms with Gasteiger partial charge in [-0.2, -0.15) is 0 Å². The molecule has 0 radical (unpaired) electrons. The fourth-order valence-corrected chi connectivity index (χ4v) is 2.62. The Kier molecular flexibility index (Phi) is 10.4. The van der Waals surface area contributed by atoms with Crippen molar-refractivity contribution in [1.29, 1.82) is 0 Å². The molecule has 0 bridgehead atoms. The third-order valence-corrected chi connectivity index (χ3v) is 4.74. The van der Waals surface area contributed by atoms with Gasteiger partial charge in [0, 0.05) is 44.5 Å². The summed E-state index contributed by atoms with van der Waals surface area (Å²) in [6.45, 7) is -0.942. The van der Waals surface area contributed by atoms with Crippen molar-refractivity contribution in [3.8, 4) is 0 Å². The van der Waals surface area contributed by atoms with E-state index in [9.17, 15) is 30.6 Å².